The van der Waals surface area contributed by atoms with E-state index < -0.39 is 0 Å². The minimum absolute atomic E-state index is 0.0186. The minimum Gasteiger partial charge on any atom is -0.467 e. The molecule has 7 nitrogen and oxygen atoms in total. The lowest BCUT2D eigenvalue weighted by Gasteiger charge is -2.08. The highest BCUT2D eigenvalue weighted by Crippen LogP contribution is 2.30. The Balaban J connectivity index is 1.47. The van der Waals surface area contributed by atoms with E-state index in [1.54, 1.807) is 36.4 Å². The van der Waals surface area contributed by atoms with Gasteiger partial charge in [-0.15, -0.1) is 0 Å². The third-order valence-electron chi connectivity index (χ3n) is 3.79. The molecule has 1 aromatic heterocycles. The quantitative estimate of drug-likeness (QED) is 0.713. The monoisotopic (exact) mass is 341 g/mol. The van der Waals surface area contributed by atoms with Crippen LogP contribution in [0.2, 0.25) is 0 Å². The normalized spacial score (nSPS) is 13.1. The molecule has 0 radical (unpaired) electrons. The number of furan rings is 1. The van der Waals surface area contributed by atoms with Crippen LogP contribution in [-0.2, 0) is 16.1 Å². The van der Waals surface area contributed by atoms with E-state index in [-0.39, 0.29) is 36.7 Å². The first-order valence-corrected chi connectivity index (χ1v) is 8.10. The molecule has 7 heteroatoms. The van der Waals surface area contributed by atoms with Crippen LogP contribution >= 0.6 is 0 Å². The van der Waals surface area contributed by atoms with Crippen molar-refractivity contribution in [2.24, 2.45) is 5.92 Å². The Morgan fingerprint density at radius 1 is 1.08 bits per heavy atom. The van der Waals surface area contributed by atoms with E-state index in [1.165, 1.54) is 6.26 Å². The third-order valence-corrected chi connectivity index (χ3v) is 3.79. The number of carbonyl (C=O) groups excluding carboxylic acids is 3. The van der Waals surface area contributed by atoms with E-state index in [4.69, 9.17) is 4.42 Å². The van der Waals surface area contributed by atoms with Gasteiger partial charge in [-0.3, -0.25) is 14.4 Å². The van der Waals surface area contributed by atoms with Crippen molar-refractivity contribution in [2.75, 3.05) is 11.9 Å². The summed E-state index contributed by atoms with van der Waals surface area (Å²) in [4.78, 5) is 35.7. The zero-order valence-corrected chi connectivity index (χ0v) is 13.6. The number of anilines is 1. The predicted molar refractivity (Wildman–Crippen MR) is 90.7 cm³/mol. The summed E-state index contributed by atoms with van der Waals surface area (Å²) in [6.07, 6.45) is 3.36. The average molecular weight is 341 g/mol. The van der Waals surface area contributed by atoms with Crippen molar-refractivity contribution in [2.45, 2.75) is 19.4 Å². The van der Waals surface area contributed by atoms with E-state index in [1.807, 2.05) is 0 Å². The number of nitrogens with one attached hydrogen (secondary N) is 3. The smallest absolute Gasteiger partial charge is 0.251 e. The van der Waals surface area contributed by atoms with Gasteiger partial charge >= 0.3 is 0 Å². The van der Waals surface area contributed by atoms with E-state index in [2.05, 4.69) is 16.0 Å². The maximum atomic E-state index is 12.1. The van der Waals surface area contributed by atoms with Crippen LogP contribution in [0, 0.1) is 5.92 Å². The summed E-state index contributed by atoms with van der Waals surface area (Å²) in [6, 6.07) is 10.1. The number of amides is 3. The lowest BCUT2D eigenvalue weighted by atomic mass is 10.2. The molecule has 0 aliphatic heterocycles. The molecule has 1 aromatic carbocycles. The van der Waals surface area contributed by atoms with Crippen LogP contribution in [0.25, 0.3) is 0 Å². The standard InChI is InChI=1S/C18H19N3O4/c22-16(19-10-15-5-2-8-25-15)11-20-17(23)13-3-1-4-14(9-13)21-18(24)12-6-7-12/h1-5,8-9,12H,6-7,10-11H2,(H,19,22)(H,20,23)(H,21,24). The molecule has 0 spiro atoms. The van der Waals surface area contributed by atoms with Crippen LogP contribution in [0.15, 0.2) is 47.1 Å². The SMILES string of the molecule is O=C(CNC(=O)c1cccc(NC(=O)C2CC2)c1)NCc1ccco1. The summed E-state index contributed by atoms with van der Waals surface area (Å²) < 4.78 is 5.11. The lowest BCUT2D eigenvalue weighted by molar-refractivity contribution is -0.120. The molecule has 130 valence electrons. The molecule has 3 rings (SSSR count). The van der Waals surface area contributed by atoms with Gasteiger partial charge in [0.2, 0.25) is 11.8 Å². The minimum atomic E-state index is -0.379. The zero-order chi connectivity index (χ0) is 17.6. The highest BCUT2D eigenvalue weighted by molar-refractivity contribution is 5.99. The first-order chi connectivity index (χ1) is 12.1. The van der Waals surface area contributed by atoms with Gasteiger partial charge in [0, 0.05) is 17.2 Å². The molecule has 0 atom stereocenters. The fourth-order valence-electron chi connectivity index (χ4n) is 2.25. The average Bonchev–Trinajstić information content (AvgIpc) is 3.34. The van der Waals surface area contributed by atoms with Crippen LogP contribution in [0.1, 0.15) is 29.0 Å². The van der Waals surface area contributed by atoms with Gasteiger partial charge in [-0.1, -0.05) is 6.07 Å². The lowest BCUT2D eigenvalue weighted by Crippen LogP contribution is -2.36. The van der Waals surface area contributed by atoms with Crippen LogP contribution < -0.4 is 16.0 Å². The molecule has 1 heterocycles. The predicted octanol–water partition coefficient (Wildman–Crippen LogP) is 1.67. The largest absolute Gasteiger partial charge is 0.467 e. The highest BCUT2D eigenvalue weighted by Gasteiger charge is 2.29. The van der Waals surface area contributed by atoms with Crippen LogP contribution in [-0.4, -0.2) is 24.3 Å². The number of rotatable bonds is 7. The van der Waals surface area contributed by atoms with Gasteiger partial charge in [0.1, 0.15) is 5.76 Å². The summed E-state index contributed by atoms with van der Waals surface area (Å²) >= 11 is 0. The van der Waals surface area contributed by atoms with E-state index in [0.29, 0.717) is 17.0 Å². The second kappa shape index (κ2) is 7.65. The number of hydrogen-bond donors (Lipinski definition) is 3. The summed E-state index contributed by atoms with van der Waals surface area (Å²) in [5, 5.41) is 7.99. The van der Waals surface area contributed by atoms with Crippen LogP contribution in [0.5, 0.6) is 0 Å². The van der Waals surface area contributed by atoms with E-state index in [9.17, 15) is 14.4 Å². The number of carbonyl (C=O) groups is 3. The topological polar surface area (TPSA) is 100 Å². The first-order valence-electron chi connectivity index (χ1n) is 8.10. The van der Waals surface area contributed by atoms with Gasteiger partial charge in [0.05, 0.1) is 19.4 Å². The van der Waals surface area contributed by atoms with Crippen LogP contribution in [0.3, 0.4) is 0 Å². The van der Waals surface area contributed by atoms with Crippen molar-refractivity contribution in [3.05, 3.63) is 54.0 Å². The molecule has 1 saturated carbocycles. The Labute approximate surface area is 144 Å². The summed E-state index contributed by atoms with van der Waals surface area (Å²) in [6.45, 7) is 0.128. The molecule has 3 N–H and O–H groups in total. The fourth-order valence-corrected chi connectivity index (χ4v) is 2.25. The molecule has 0 unspecified atom stereocenters. The fraction of sp³-hybridized carbons (Fsp3) is 0.278. The third kappa shape index (κ3) is 4.94. The van der Waals surface area contributed by atoms with Gasteiger partial charge < -0.3 is 20.4 Å². The highest BCUT2D eigenvalue weighted by atomic mass is 16.3. The molecule has 1 fully saturated rings. The summed E-state index contributed by atoms with van der Waals surface area (Å²) in [7, 11) is 0. The second-order valence-electron chi connectivity index (χ2n) is 5.88. The first kappa shape index (κ1) is 16.8. The van der Waals surface area contributed by atoms with Gasteiger partial charge in [-0.25, -0.2) is 0 Å². The molecule has 2 aromatic rings. The van der Waals surface area contributed by atoms with Gasteiger partial charge in [-0.05, 0) is 43.2 Å². The summed E-state index contributed by atoms with van der Waals surface area (Å²) in [5.74, 6) is 0.0163. The van der Waals surface area contributed by atoms with Crippen molar-refractivity contribution < 1.29 is 18.8 Å². The molecule has 1 aliphatic carbocycles. The second-order valence-corrected chi connectivity index (χ2v) is 5.88. The van der Waals surface area contributed by atoms with Crippen molar-refractivity contribution in [3.8, 4) is 0 Å². The van der Waals surface area contributed by atoms with Gasteiger partial charge in [0.15, 0.2) is 0 Å². The Kier molecular flexibility index (Phi) is 5.13. The Bertz CT molecular complexity index is 766. The van der Waals surface area contributed by atoms with Crippen molar-refractivity contribution in [1.29, 1.82) is 0 Å². The van der Waals surface area contributed by atoms with E-state index in [0.717, 1.165) is 12.8 Å². The Morgan fingerprint density at radius 2 is 1.92 bits per heavy atom. The van der Waals surface area contributed by atoms with Crippen molar-refractivity contribution >= 4 is 23.4 Å². The maximum absolute atomic E-state index is 12.1. The van der Waals surface area contributed by atoms with Gasteiger partial charge in [0.25, 0.3) is 5.91 Å². The Morgan fingerprint density at radius 3 is 2.64 bits per heavy atom. The van der Waals surface area contributed by atoms with Crippen LogP contribution in [0.4, 0.5) is 5.69 Å². The molecular formula is C18H19N3O4. The molecular weight excluding hydrogens is 322 g/mol. The number of benzene rings is 1. The maximum Gasteiger partial charge on any atom is 0.251 e. The summed E-state index contributed by atoms with van der Waals surface area (Å²) in [5.41, 5.74) is 0.958. The molecule has 0 bridgehead atoms. The number of hydrogen-bond acceptors (Lipinski definition) is 4. The van der Waals surface area contributed by atoms with Crippen molar-refractivity contribution in [3.63, 3.8) is 0 Å². The molecule has 3 amide bonds. The van der Waals surface area contributed by atoms with E-state index >= 15 is 0 Å². The Hall–Kier alpha value is -3.09. The molecule has 25 heavy (non-hydrogen) atoms. The molecule has 1 aliphatic rings. The zero-order valence-electron chi connectivity index (χ0n) is 13.6. The van der Waals surface area contributed by atoms with Gasteiger partial charge in [-0.2, -0.15) is 0 Å². The van der Waals surface area contributed by atoms with Crippen molar-refractivity contribution in [1.82, 2.24) is 10.6 Å². The molecule has 0 saturated heterocycles.